The molecule has 1 N–H and O–H groups in total. The van der Waals surface area contributed by atoms with Crippen molar-refractivity contribution in [1.29, 1.82) is 0 Å². The standard InChI is InChI=1S/C9H14N2O2S/c1-9(2,3)6-5-7(13-11-6)10-8(12)14-4/h5H,1-4H3,(H,10,12). The number of hydrogen-bond donors (Lipinski definition) is 1. The molecule has 0 bridgehead atoms. The molecule has 1 amide bonds. The lowest BCUT2D eigenvalue weighted by atomic mass is 9.92. The highest BCUT2D eigenvalue weighted by Crippen LogP contribution is 2.23. The molecule has 1 aromatic rings. The number of thioether (sulfide) groups is 1. The second-order valence-electron chi connectivity index (χ2n) is 3.94. The van der Waals surface area contributed by atoms with Gasteiger partial charge in [-0.1, -0.05) is 37.7 Å². The molecule has 5 heteroatoms. The van der Waals surface area contributed by atoms with E-state index >= 15 is 0 Å². The van der Waals surface area contributed by atoms with Gasteiger partial charge in [0, 0.05) is 11.5 Å². The Kier molecular flexibility index (Phi) is 3.21. The summed E-state index contributed by atoms with van der Waals surface area (Å²) in [5.41, 5.74) is 0.764. The molecule has 0 aliphatic heterocycles. The van der Waals surface area contributed by atoms with Gasteiger partial charge < -0.3 is 4.52 Å². The van der Waals surface area contributed by atoms with Crippen molar-refractivity contribution in [2.45, 2.75) is 26.2 Å². The molecule has 0 unspecified atom stereocenters. The number of nitrogens with zero attached hydrogens (tertiary/aromatic N) is 1. The molecular weight excluding hydrogens is 200 g/mol. The maximum Gasteiger partial charge on any atom is 0.285 e. The van der Waals surface area contributed by atoms with E-state index in [0.717, 1.165) is 17.5 Å². The van der Waals surface area contributed by atoms with E-state index in [0.29, 0.717) is 5.88 Å². The first kappa shape index (κ1) is 11.1. The minimum Gasteiger partial charge on any atom is -0.338 e. The van der Waals surface area contributed by atoms with E-state index in [1.165, 1.54) is 0 Å². The second kappa shape index (κ2) is 4.04. The number of carbonyl (C=O) groups is 1. The molecule has 0 atom stereocenters. The number of rotatable bonds is 1. The van der Waals surface area contributed by atoms with Crippen molar-refractivity contribution < 1.29 is 9.32 Å². The highest BCUT2D eigenvalue weighted by molar-refractivity contribution is 8.13. The summed E-state index contributed by atoms with van der Waals surface area (Å²) in [6, 6.07) is 1.74. The Balaban J connectivity index is 2.74. The maximum absolute atomic E-state index is 11.0. The van der Waals surface area contributed by atoms with E-state index in [2.05, 4.69) is 10.5 Å². The predicted octanol–water partition coefficient (Wildman–Crippen LogP) is 2.87. The van der Waals surface area contributed by atoms with Gasteiger partial charge in [-0.2, -0.15) is 0 Å². The minimum atomic E-state index is -0.151. The van der Waals surface area contributed by atoms with E-state index in [-0.39, 0.29) is 10.7 Å². The first-order valence-electron chi connectivity index (χ1n) is 4.25. The van der Waals surface area contributed by atoms with Gasteiger partial charge in [-0.15, -0.1) is 0 Å². The molecule has 0 aromatic carbocycles. The molecule has 0 radical (unpaired) electrons. The largest absolute Gasteiger partial charge is 0.338 e. The summed E-state index contributed by atoms with van der Waals surface area (Å²) in [5.74, 6) is 0.397. The summed E-state index contributed by atoms with van der Waals surface area (Å²) in [4.78, 5) is 11.0. The molecule has 0 saturated carbocycles. The lowest BCUT2D eigenvalue weighted by molar-refractivity contribution is 0.269. The van der Waals surface area contributed by atoms with Crippen LogP contribution in [0.1, 0.15) is 26.5 Å². The zero-order valence-corrected chi connectivity index (χ0v) is 9.57. The highest BCUT2D eigenvalue weighted by Gasteiger charge is 2.19. The fourth-order valence-electron chi connectivity index (χ4n) is 0.839. The van der Waals surface area contributed by atoms with Crippen molar-refractivity contribution in [3.63, 3.8) is 0 Å². The van der Waals surface area contributed by atoms with Crippen LogP contribution >= 0.6 is 11.8 Å². The van der Waals surface area contributed by atoms with Crippen LogP contribution in [0.3, 0.4) is 0 Å². The Morgan fingerprint density at radius 1 is 1.57 bits per heavy atom. The zero-order chi connectivity index (χ0) is 10.8. The number of amides is 1. The Hall–Kier alpha value is -0.970. The summed E-state index contributed by atoms with van der Waals surface area (Å²) < 4.78 is 4.97. The van der Waals surface area contributed by atoms with E-state index in [4.69, 9.17) is 4.52 Å². The van der Waals surface area contributed by atoms with Crippen molar-refractivity contribution in [3.05, 3.63) is 11.8 Å². The predicted molar refractivity (Wildman–Crippen MR) is 57.7 cm³/mol. The van der Waals surface area contributed by atoms with Crippen LogP contribution in [0.15, 0.2) is 10.6 Å². The van der Waals surface area contributed by atoms with E-state index in [9.17, 15) is 4.79 Å². The molecule has 1 rings (SSSR count). The van der Waals surface area contributed by atoms with Gasteiger partial charge in [0.15, 0.2) is 0 Å². The number of nitrogens with one attached hydrogen (secondary N) is 1. The smallest absolute Gasteiger partial charge is 0.285 e. The number of aromatic nitrogens is 1. The average Bonchev–Trinajstić information content (AvgIpc) is 2.51. The van der Waals surface area contributed by atoms with Gasteiger partial charge in [0.05, 0.1) is 5.69 Å². The molecule has 4 nitrogen and oxygen atoms in total. The SMILES string of the molecule is CSC(=O)Nc1cc(C(C)(C)C)no1. The summed E-state index contributed by atoms with van der Waals surface area (Å²) in [5, 5.41) is 6.30. The van der Waals surface area contributed by atoms with Crippen LogP contribution in [0.4, 0.5) is 10.7 Å². The Morgan fingerprint density at radius 3 is 2.64 bits per heavy atom. The first-order valence-corrected chi connectivity index (χ1v) is 5.48. The molecule has 0 spiro atoms. The van der Waals surface area contributed by atoms with Gasteiger partial charge in [-0.3, -0.25) is 10.1 Å². The van der Waals surface area contributed by atoms with Crippen LogP contribution in [-0.2, 0) is 5.41 Å². The van der Waals surface area contributed by atoms with Crippen molar-refractivity contribution in [1.82, 2.24) is 5.16 Å². The van der Waals surface area contributed by atoms with Crippen LogP contribution < -0.4 is 5.32 Å². The average molecular weight is 214 g/mol. The van der Waals surface area contributed by atoms with Crippen molar-refractivity contribution >= 4 is 22.9 Å². The molecule has 78 valence electrons. The summed E-state index contributed by atoms with van der Waals surface area (Å²) in [6.45, 7) is 6.10. The third-order valence-corrected chi connectivity index (χ3v) is 2.16. The van der Waals surface area contributed by atoms with Crippen LogP contribution in [0.25, 0.3) is 0 Å². The monoisotopic (exact) mass is 214 g/mol. The van der Waals surface area contributed by atoms with E-state index < -0.39 is 0 Å². The lowest BCUT2D eigenvalue weighted by Gasteiger charge is -2.12. The molecule has 1 heterocycles. The third kappa shape index (κ3) is 2.77. The van der Waals surface area contributed by atoms with Gasteiger partial charge in [0.2, 0.25) is 5.88 Å². The van der Waals surface area contributed by atoms with Crippen molar-refractivity contribution in [2.75, 3.05) is 11.6 Å². The highest BCUT2D eigenvalue weighted by atomic mass is 32.2. The van der Waals surface area contributed by atoms with Crippen LogP contribution in [0, 0.1) is 0 Å². The summed E-state index contributed by atoms with van der Waals surface area (Å²) in [6.07, 6.45) is 1.70. The quantitative estimate of drug-likeness (QED) is 0.781. The molecule has 1 aromatic heterocycles. The summed E-state index contributed by atoms with van der Waals surface area (Å²) in [7, 11) is 0. The van der Waals surface area contributed by atoms with Crippen molar-refractivity contribution in [3.8, 4) is 0 Å². The molecular formula is C9H14N2O2S. The second-order valence-corrected chi connectivity index (χ2v) is 4.72. The normalized spacial score (nSPS) is 11.4. The Morgan fingerprint density at radius 2 is 2.21 bits per heavy atom. The summed E-state index contributed by atoms with van der Waals surface area (Å²) >= 11 is 1.10. The van der Waals surface area contributed by atoms with Gasteiger partial charge in [-0.25, -0.2) is 0 Å². The molecule has 0 saturated heterocycles. The molecule has 0 fully saturated rings. The third-order valence-electron chi connectivity index (χ3n) is 1.69. The van der Waals surface area contributed by atoms with E-state index in [1.54, 1.807) is 12.3 Å². The Labute approximate surface area is 87.4 Å². The number of hydrogen-bond acceptors (Lipinski definition) is 4. The fraction of sp³-hybridized carbons (Fsp3) is 0.556. The molecule has 0 aliphatic carbocycles. The van der Waals surface area contributed by atoms with Gasteiger partial charge in [0.25, 0.3) is 5.24 Å². The number of anilines is 1. The fourth-order valence-corrected chi connectivity index (χ4v) is 1.04. The van der Waals surface area contributed by atoms with Crippen molar-refractivity contribution in [2.24, 2.45) is 0 Å². The maximum atomic E-state index is 11.0. The lowest BCUT2D eigenvalue weighted by Crippen LogP contribution is -2.11. The first-order chi connectivity index (χ1) is 6.43. The minimum absolute atomic E-state index is 0.0637. The van der Waals surface area contributed by atoms with Crippen LogP contribution in [-0.4, -0.2) is 16.7 Å². The molecule has 0 aliphatic rings. The molecule has 14 heavy (non-hydrogen) atoms. The zero-order valence-electron chi connectivity index (χ0n) is 8.75. The van der Waals surface area contributed by atoms with Gasteiger partial charge in [-0.05, 0) is 6.26 Å². The van der Waals surface area contributed by atoms with Crippen LogP contribution in [0.2, 0.25) is 0 Å². The number of carbonyl (C=O) groups excluding carboxylic acids is 1. The van der Waals surface area contributed by atoms with Gasteiger partial charge >= 0.3 is 0 Å². The van der Waals surface area contributed by atoms with E-state index in [1.807, 2.05) is 20.8 Å². The topological polar surface area (TPSA) is 55.1 Å². The van der Waals surface area contributed by atoms with Crippen LogP contribution in [0.5, 0.6) is 0 Å². The Bertz CT molecular complexity index is 328. The van der Waals surface area contributed by atoms with Gasteiger partial charge in [0.1, 0.15) is 0 Å².